The molecule has 0 radical (unpaired) electrons. The second-order valence-electron chi connectivity index (χ2n) is 22.7. The van der Waals surface area contributed by atoms with Crippen LogP contribution in [0.5, 0.6) is 0 Å². The molecule has 0 amide bonds. The molecule has 1 atom stereocenters. The molecular formula is C77H128O6. The zero-order chi connectivity index (χ0) is 59.9. The molecule has 6 heteroatoms. The summed E-state index contributed by atoms with van der Waals surface area (Å²) in [5, 5.41) is 0. The zero-order valence-corrected chi connectivity index (χ0v) is 54.2. The Labute approximate surface area is 513 Å². The second kappa shape index (κ2) is 70.0. The predicted molar refractivity (Wildman–Crippen MR) is 362 cm³/mol. The third kappa shape index (κ3) is 68.2. The van der Waals surface area contributed by atoms with Crippen molar-refractivity contribution in [3.63, 3.8) is 0 Å². The summed E-state index contributed by atoms with van der Waals surface area (Å²) in [6.45, 7) is 6.51. The third-order valence-electron chi connectivity index (χ3n) is 14.6. The Morgan fingerprint density at radius 1 is 0.253 bits per heavy atom. The van der Waals surface area contributed by atoms with Crippen LogP contribution in [-0.2, 0) is 28.6 Å². The number of rotatable bonds is 62. The minimum atomic E-state index is -0.804. The van der Waals surface area contributed by atoms with Crippen LogP contribution in [0, 0.1) is 0 Å². The Morgan fingerprint density at radius 2 is 0.470 bits per heavy atom. The summed E-state index contributed by atoms with van der Waals surface area (Å²) in [5.74, 6) is -0.940. The van der Waals surface area contributed by atoms with Crippen LogP contribution in [0.4, 0.5) is 0 Å². The second-order valence-corrected chi connectivity index (χ2v) is 22.7. The van der Waals surface area contributed by atoms with Crippen LogP contribution >= 0.6 is 0 Å². The number of hydrogen-bond donors (Lipinski definition) is 0. The van der Waals surface area contributed by atoms with E-state index < -0.39 is 6.10 Å². The summed E-state index contributed by atoms with van der Waals surface area (Å²) in [6.07, 6.45) is 99.0. The van der Waals surface area contributed by atoms with Crippen LogP contribution in [0.25, 0.3) is 0 Å². The zero-order valence-electron chi connectivity index (χ0n) is 54.2. The lowest BCUT2D eigenvalue weighted by molar-refractivity contribution is -0.167. The first-order chi connectivity index (χ1) is 41.0. The molecule has 0 N–H and O–H groups in total. The number of esters is 3. The van der Waals surface area contributed by atoms with Gasteiger partial charge in [-0.1, -0.05) is 309 Å². The van der Waals surface area contributed by atoms with Crippen molar-refractivity contribution >= 4 is 17.9 Å². The fraction of sp³-hybridized carbons (Fsp3) is 0.675. The Balaban J connectivity index is 4.40. The monoisotopic (exact) mass is 1150 g/mol. The van der Waals surface area contributed by atoms with Gasteiger partial charge in [0.05, 0.1) is 0 Å². The molecule has 0 bridgehead atoms. The van der Waals surface area contributed by atoms with Crippen LogP contribution in [0.15, 0.2) is 134 Å². The van der Waals surface area contributed by atoms with Crippen LogP contribution in [-0.4, -0.2) is 37.2 Å². The fourth-order valence-corrected chi connectivity index (χ4v) is 9.47. The first-order valence-corrected chi connectivity index (χ1v) is 34.7. The lowest BCUT2D eigenvalue weighted by atomic mass is 10.0. The van der Waals surface area contributed by atoms with E-state index in [1.807, 2.05) is 0 Å². The number of unbranched alkanes of at least 4 members (excludes halogenated alkanes) is 29. The van der Waals surface area contributed by atoms with Crippen molar-refractivity contribution in [1.82, 2.24) is 0 Å². The van der Waals surface area contributed by atoms with Crippen molar-refractivity contribution < 1.29 is 28.6 Å². The van der Waals surface area contributed by atoms with Gasteiger partial charge in [0.15, 0.2) is 6.10 Å². The molecule has 0 spiro atoms. The Hall–Kier alpha value is -4.45. The van der Waals surface area contributed by atoms with E-state index in [0.717, 1.165) is 128 Å². The van der Waals surface area contributed by atoms with Gasteiger partial charge in [-0.3, -0.25) is 14.4 Å². The predicted octanol–water partition coefficient (Wildman–Crippen LogP) is 24.1. The number of hydrogen-bond acceptors (Lipinski definition) is 6. The van der Waals surface area contributed by atoms with Crippen molar-refractivity contribution in [3.05, 3.63) is 134 Å². The summed E-state index contributed by atoms with van der Waals surface area (Å²) in [5.41, 5.74) is 0. The molecule has 0 rings (SSSR count). The average Bonchev–Trinajstić information content (AvgIpc) is 3.49. The first kappa shape index (κ1) is 78.5. The quantitative estimate of drug-likeness (QED) is 0.0261. The average molecular weight is 1150 g/mol. The van der Waals surface area contributed by atoms with Crippen LogP contribution < -0.4 is 0 Å². The van der Waals surface area contributed by atoms with Crippen molar-refractivity contribution in [2.75, 3.05) is 13.2 Å². The largest absolute Gasteiger partial charge is 0.462 e. The lowest BCUT2D eigenvalue weighted by Crippen LogP contribution is -2.30. The van der Waals surface area contributed by atoms with Gasteiger partial charge in [-0.2, -0.15) is 0 Å². The smallest absolute Gasteiger partial charge is 0.306 e. The highest BCUT2D eigenvalue weighted by Gasteiger charge is 2.19. The molecule has 0 aromatic carbocycles. The van der Waals surface area contributed by atoms with Gasteiger partial charge in [-0.05, 0) is 122 Å². The molecule has 83 heavy (non-hydrogen) atoms. The Bertz CT molecular complexity index is 1750. The molecule has 0 heterocycles. The van der Waals surface area contributed by atoms with E-state index in [0.29, 0.717) is 25.7 Å². The molecule has 0 fully saturated rings. The highest BCUT2D eigenvalue weighted by atomic mass is 16.6. The Morgan fingerprint density at radius 3 is 0.771 bits per heavy atom. The van der Waals surface area contributed by atoms with E-state index in [2.05, 4.69) is 154 Å². The van der Waals surface area contributed by atoms with E-state index in [1.54, 1.807) is 0 Å². The van der Waals surface area contributed by atoms with Crippen molar-refractivity contribution in [2.24, 2.45) is 0 Å². The molecule has 0 aromatic heterocycles. The molecule has 0 saturated heterocycles. The molecular weight excluding hydrogens is 1020 g/mol. The number of ether oxygens (including phenoxy) is 3. The topological polar surface area (TPSA) is 78.9 Å². The highest BCUT2D eigenvalue weighted by molar-refractivity contribution is 5.71. The maximum absolute atomic E-state index is 12.9. The van der Waals surface area contributed by atoms with Crippen LogP contribution in [0.3, 0.4) is 0 Å². The maximum Gasteiger partial charge on any atom is 0.306 e. The van der Waals surface area contributed by atoms with Gasteiger partial charge in [0.25, 0.3) is 0 Å². The van der Waals surface area contributed by atoms with E-state index >= 15 is 0 Å². The molecule has 0 aliphatic heterocycles. The molecule has 0 aliphatic rings. The van der Waals surface area contributed by atoms with Gasteiger partial charge in [0, 0.05) is 19.3 Å². The van der Waals surface area contributed by atoms with Gasteiger partial charge in [0.1, 0.15) is 13.2 Å². The van der Waals surface area contributed by atoms with Crippen LogP contribution in [0.2, 0.25) is 0 Å². The van der Waals surface area contributed by atoms with E-state index in [-0.39, 0.29) is 31.1 Å². The molecule has 1 unspecified atom stereocenters. The standard InChI is InChI=1S/C77H128O6/c1-4-7-10-13-16-19-22-25-28-31-32-33-34-35-36-37-38-39-40-41-42-43-44-45-46-47-50-52-55-58-61-64-67-70-76(79)82-73-74(83-77(80)71-68-65-62-59-56-53-49-30-27-24-21-18-15-12-9-6-3)72-81-75(78)69-66-63-60-57-54-51-48-29-26-23-20-17-14-11-8-5-2/h7,10,16,19,25,28,30,32-33,35-36,38-39,41-42,44-45,47,49-50,55,58,74H,4-6,8-9,11-15,17-18,20-24,26-27,29,31,34,37,40,43,46,48,51-54,56-57,59-73H2,1-3H3/b10-7-,19-16-,28-25-,33-32-,36-35-,39-38-,42-41-,45-44-,49-30-,50-47-,58-55-. The minimum Gasteiger partial charge on any atom is -0.462 e. The molecule has 6 nitrogen and oxygen atoms in total. The van der Waals surface area contributed by atoms with E-state index in [1.165, 1.54) is 141 Å². The SMILES string of the molecule is CC/C=C\C/C=C\C/C=C\C/C=C\C/C=C\C/C=C\C/C=C\C/C=C\C/C=C\C/C=C\CCCCC(=O)OCC(COC(=O)CCCCCCCCCCCCCCCCCC)OC(=O)CCCCCCC/C=C\CCCCCCCCC. The third-order valence-corrected chi connectivity index (χ3v) is 14.6. The van der Waals surface area contributed by atoms with E-state index in [4.69, 9.17) is 14.2 Å². The summed E-state index contributed by atoms with van der Waals surface area (Å²) in [7, 11) is 0. The highest BCUT2D eigenvalue weighted by Crippen LogP contribution is 2.16. The number of allylic oxidation sites excluding steroid dienone is 22. The summed E-state index contributed by atoms with van der Waals surface area (Å²) in [4.78, 5) is 38.4. The summed E-state index contributed by atoms with van der Waals surface area (Å²) < 4.78 is 16.9. The molecule has 472 valence electrons. The van der Waals surface area contributed by atoms with Gasteiger partial charge in [-0.25, -0.2) is 0 Å². The number of carbonyl (C=O) groups excluding carboxylic acids is 3. The normalized spacial score (nSPS) is 13.0. The minimum absolute atomic E-state index is 0.0949. The van der Waals surface area contributed by atoms with Gasteiger partial charge in [0.2, 0.25) is 0 Å². The van der Waals surface area contributed by atoms with Gasteiger partial charge in [-0.15, -0.1) is 0 Å². The molecule has 0 aliphatic carbocycles. The van der Waals surface area contributed by atoms with Crippen molar-refractivity contribution in [2.45, 2.75) is 322 Å². The van der Waals surface area contributed by atoms with Crippen molar-refractivity contribution in [3.8, 4) is 0 Å². The van der Waals surface area contributed by atoms with Gasteiger partial charge >= 0.3 is 17.9 Å². The summed E-state index contributed by atoms with van der Waals surface area (Å²) >= 11 is 0. The maximum atomic E-state index is 12.9. The Kier molecular flexibility index (Phi) is 66.3. The molecule has 0 saturated carbocycles. The lowest BCUT2D eigenvalue weighted by Gasteiger charge is -2.18. The number of carbonyl (C=O) groups is 3. The van der Waals surface area contributed by atoms with Crippen molar-refractivity contribution in [1.29, 1.82) is 0 Å². The van der Waals surface area contributed by atoms with Crippen LogP contribution in [0.1, 0.15) is 316 Å². The van der Waals surface area contributed by atoms with E-state index in [9.17, 15) is 14.4 Å². The van der Waals surface area contributed by atoms with Gasteiger partial charge < -0.3 is 14.2 Å². The molecule has 0 aromatic rings. The fourth-order valence-electron chi connectivity index (χ4n) is 9.47. The first-order valence-electron chi connectivity index (χ1n) is 34.7. The summed E-state index contributed by atoms with van der Waals surface area (Å²) in [6, 6.07) is 0.